The van der Waals surface area contributed by atoms with Gasteiger partial charge < -0.3 is 19.5 Å². The van der Waals surface area contributed by atoms with Crippen molar-refractivity contribution in [3.63, 3.8) is 0 Å². The number of aliphatic hydroxyl groups is 1. The third-order valence-electron chi connectivity index (χ3n) is 4.29. The summed E-state index contributed by atoms with van der Waals surface area (Å²) in [5.74, 6) is 1.11. The van der Waals surface area contributed by atoms with Crippen LogP contribution in [0.5, 0.6) is 11.5 Å². The largest absolute Gasteiger partial charge is 0.454 e. The first-order valence-corrected chi connectivity index (χ1v) is 6.66. The minimum atomic E-state index is -1.39. The van der Waals surface area contributed by atoms with Gasteiger partial charge in [-0.3, -0.25) is 4.79 Å². The van der Waals surface area contributed by atoms with Crippen molar-refractivity contribution in [2.75, 3.05) is 13.8 Å². The van der Waals surface area contributed by atoms with Crippen LogP contribution in [0.1, 0.15) is 32.4 Å². The average molecular weight is 277 g/mol. The minimum Gasteiger partial charge on any atom is -0.454 e. The lowest BCUT2D eigenvalue weighted by Crippen LogP contribution is -2.72. The molecule has 1 amide bonds. The van der Waals surface area contributed by atoms with Crippen LogP contribution in [0, 0.1) is 5.41 Å². The monoisotopic (exact) mass is 277 g/mol. The Morgan fingerprint density at radius 1 is 1.30 bits per heavy atom. The number of hydrogen-bond acceptors (Lipinski definition) is 4. The molecule has 0 saturated carbocycles. The van der Waals surface area contributed by atoms with E-state index in [-0.39, 0.29) is 18.7 Å². The van der Waals surface area contributed by atoms with Crippen molar-refractivity contribution >= 4 is 5.91 Å². The molecule has 5 heteroatoms. The molecule has 2 aliphatic heterocycles. The molecule has 2 unspecified atom stereocenters. The highest BCUT2D eigenvalue weighted by atomic mass is 16.7. The highest BCUT2D eigenvalue weighted by Gasteiger charge is 2.64. The first kappa shape index (κ1) is 13.2. The predicted octanol–water partition coefficient (Wildman–Crippen LogP) is 1.71. The number of ether oxygens (including phenoxy) is 2. The summed E-state index contributed by atoms with van der Waals surface area (Å²) in [4.78, 5) is 13.7. The van der Waals surface area contributed by atoms with Gasteiger partial charge in [0.25, 0.3) is 5.91 Å². The van der Waals surface area contributed by atoms with Gasteiger partial charge in [-0.25, -0.2) is 0 Å². The van der Waals surface area contributed by atoms with Crippen molar-refractivity contribution in [1.82, 2.24) is 4.90 Å². The Kier molecular flexibility index (Phi) is 2.57. The Balaban J connectivity index is 2.03. The molecular weight excluding hydrogens is 258 g/mol. The van der Waals surface area contributed by atoms with Crippen LogP contribution in [0.2, 0.25) is 0 Å². The van der Waals surface area contributed by atoms with E-state index in [4.69, 9.17) is 9.47 Å². The molecule has 2 heterocycles. The molecule has 1 fully saturated rings. The quantitative estimate of drug-likeness (QED) is 0.794. The van der Waals surface area contributed by atoms with E-state index in [1.165, 1.54) is 0 Å². The highest BCUT2D eigenvalue weighted by Crippen LogP contribution is 2.52. The van der Waals surface area contributed by atoms with E-state index in [1.807, 2.05) is 39.0 Å². The van der Waals surface area contributed by atoms with E-state index in [2.05, 4.69) is 0 Å². The fraction of sp³-hybridized carbons (Fsp3) is 0.533. The summed E-state index contributed by atoms with van der Waals surface area (Å²) >= 11 is 0. The lowest BCUT2D eigenvalue weighted by Gasteiger charge is -2.57. The number of likely N-dealkylation sites (N-methyl/N-ethyl adjacent to an activating group) is 1. The molecule has 0 bridgehead atoms. The zero-order valence-corrected chi connectivity index (χ0v) is 12.1. The van der Waals surface area contributed by atoms with E-state index in [1.54, 1.807) is 11.9 Å². The number of amides is 1. The number of β-lactam (4-membered cyclic amide) rings is 1. The number of nitrogens with zero attached hydrogens (tertiary/aromatic N) is 1. The van der Waals surface area contributed by atoms with Crippen molar-refractivity contribution < 1.29 is 19.4 Å². The molecule has 2 aliphatic rings. The van der Waals surface area contributed by atoms with E-state index in [0.717, 1.165) is 5.56 Å². The molecule has 1 aromatic carbocycles. The van der Waals surface area contributed by atoms with Crippen LogP contribution in [-0.4, -0.2) is 35.4 Å². The van der Waals surface area contributed by atoms with Gasteiger partial charge in [-0.15, -0.1) is 0 Å². The summed E-state index contributed by atoms with van der Waals surface area (Å²) in [7, 11) is 1.71. The fourth-order valence-corrected chi connectivity index (χ4v) is 3.00. The molecule has 1 saturated heterocycles. The van der Waals surface area contributed by atoms with Crippen LogP contribution < -0.4 is 9.47 Å². The second-order valence-electron chi connectivity index (χ2n) is 6.45. The van der Waals surface area contributed by atoms with Crippen molar-refractivity contribution in [1.29, 1.82) is 0 Å². The third-order valence-corrected chi connectivity index (χ3v) is 4.29. The standard InChI is InChI=1S/C15H19NO4/c1-14(2,3)15(18)12(16(4)13(15)17)9-5-6-10-11(7-9)20-8-19-10/h5-7,12,18H,8H2,1-4H3. The van der Waals surface area contributed by atoms with Gasteiger partial charge in [0.1, 0.15) is 0 Å². The number of hydrogen-bond donors (Lipinski definition) is 1. The molecule has 0 aliphatic carbocycles. The number of carbonyl (C=O) groups is 1. The Morgan fingerprint density at radius 2 is 1.95 bits per heavy atom. The second-order valence-corrected chi connectivity index (χ2v) is 6.45. The van der Waals surface area contributed by atoms with Crippen LogP contribution in [0.3, 0.4) is 0 Å². The third kappa shape index (κ3) is 1.50. The summed E-state index contributed by atoms with van der Waals surface area (Å²) in [5.41, 5.74) is -1.08. The van der Waals surface area contributed by atoms with Crippen molar-refractivity contribution in [2.24, 2.45) is 5.41 Å². The fourth-order valence-electron chi connectivity index (χ4n) is 3.00. The first-order valence-electron chi connectivity index (χ1n) is 6.66. The number of carbonyl (C=O) groups excluding carboxylic acids is 1. The second kappa shape index (κ2) is 3.88. The molecule has 0 radical (unpaired) electrons. The van der Waals surface area contributed by atoms with Crippen molar-refractivity contribution in [2.45, 2.75) is 32.4 Å². The van der Waals surface area contributed by atoms with Crippen molar-refractivity contribution in [3.05, 3.63) is 23.8 Å². The van der Waals surface area contributed by atoms with Gasteiger partial charge in [-0.1, -0.05) is 26.8 Å². The van der Waals surface area contributed by atoms with Gasteiger partial charge in [-0.05, 0) is 17.7 Å². The molecule has 0 spiro atoms. The summed E-state index contributed by atoms with van der Waals surface area (Å²) in [6, 6.07) is 5.16. The van der Waals surface area contributed by atoms with Gasteiger partial charge in [0.2, 0.25) is 6.79 Å². The average Bonchev–Trinajstić information content (AvgIpc) is 2.84. The summed E-state index contributed by atoms with van der Waals surface area (Å²) in [5, 5.41) is 10.9. The van der Waals surface area contributed by atoms with Crippen LogP contribution in [0.4, 0.5) is 0 Å². The van der Waals surface area contributed by atoms with E-state index < -0.39 is 11.0 Å². The Bertz CT molecular complexity index is 578. The minimum absolute atomic E-state index is 0.210. The maximum atomic E-state index is 12.2. The molecule has 20 heavy (non-hydrogen) atoms. The zero-order chi connectivity index (χ0) is 14.7. The van der Waals surface area contributed by atoms with Gasteiger partial charge in [0, 0.05) is 12.5 Å². The van der Waals surface area contributed by atoms with E-state index in [0.29, 0.717) is 11.5 Å². The molecule has 108 valence electrons. The molecule has 5 nitrogen and oxygen atoms in total. The predicted molar refractivity (Wildman–Crippen MR) is 72.5 cm³/mol. The van der Waals surface area contributed by atoms with E-state index in [9.17, 15) is 9.90 Å². The smallest absolute Gasteiger partial charge is 0.257 e. The molecule has 2 atom stereocenters. The lowest BCUT2D eigenvalue weighted by molar-refractivity contribution is -0.212. The highest BCUT2D eigenvalue weighted by molar-refractivity contribution is 5.94. The Morgan fingerprint density at radius 3 is 2.60 bits per heavy atom. The van der Waals surface area contributed by atoms with Gasteiger partial charge >= 0.3 is 0 Å². The number of rotatable bonds is 1. The molecule has 1 N–H and O–H groups in total. The molecular formula is C15H19NO4. The van der Waals surface area contributed by atoms with Gasteiger partial charge in [0.15, 0.2) is 17.1 Å². The Labute approximate surface area is 118 Å². The molecule has 3 rings (SSSR count). The Hall–Kier alpha value is -1.75. The maximum absolute atomic E-state index is 12.2. The molecule has 0 aromatic heterocycles. The van der Waals surface area contributed by atoms with Crippen LogP contribution in [-0.2, 0) is 4.79 Å². The summed E-state index contributed by atoms with van der Waals surface area (Å²) < 4.78 is 10.7. The normalized spacial score (nSPS) is 28.6. The van der Waals surface area contributed by atoms with Gasteiger partial charge in [0.05, 0.1) is 6.04 Å². The van der Waals surface area contributed by atoms with E-state index >= 15 is 0 Å². The SMILES string of the molecule is CN1C(=O)C(O)(C(C)(C)C)C1c1ccc2c(c1)OCO2. The molecule has 1 aromatic rings. The van der Waals surface area contributed by atoms with Gasteiger partial charge in [-0.2, -0.15) is 0 Å². The van der Waals surface area contributed by atoms with Crippen LogP contribution >= 0.6 is 0 Å². The first-order chi connectivity index (χ1) is 9.26. The topological polar surface area (TPSA) is 59.0 Å². The van der Waals surface area contributed by atoms with Crippen LogP contribution in [0.25, 0.3) is 0 Å². The lowest BCUT2D eigenvalue weighted by atomic mass is 9.63. The maximum Gasteiger partial charge on any atom is 0.257 e. The van der Waals surface area contributed by atoms with Crippen molar-refractivity contribution in [3.8, 4) is 11.5 Å². The van der Waals surface area contributed by atoms with Crippen LogP contribution in [0.15, 0.2) is 18.2 Å². The number of likely N-dealkylation sites (tertiary alicyclic amines) is 1. The summed E-state index contributed by atoms with van der Waals surface area (Å²) in [6.45, 7) is 5.83. The summed E-state index contributed by atoms with van der Waals surface area (Å²) in [6.07, 6.45) is 0. The number of fused-ring (bicyclic) bond motifs is 1. The number of benzene rings is 1. The zero-order valence-electron chi connectivity index (χ0n) is 12.1.